The minimum Gasteiger partial charge on any atom is -0.454 e. The van der Waals surface area contributed by atoms with Crippen LogP contribution in [0, 0.1) is 0 Å². The molecule has 2 aromatic carbocycles. The van der Waals surface area contributed by atoms with E-state index in [-0.39, 0.29) is 24.3 Å². The Bertz CT molecular complexity index is 986. The Morgan fingerprint density at radius 3 is 2.45 bits per heavy atom. The summed E-state index contributed by atoms with van der Waals surface area (Å²) in [6.07, 6.45) is 3.18. The molecule has 2 aliphatic rings. The van der Waals surface area contributed by atoms with Crippen molar-refractivity contribution in [1.29, 1.82) is 0 Å². The Morgan fingerprint density at radius 1 is 0.966 bits per heavy atom. The highest BCUT2D eigenvalue weighted by molar-refractivity contribution is 7.89. The predicted molar refractivity (Wildman–Crippen MR) is 107 cm³/mol. The normalized spacial score (nSPS) is 15.9. The number of piperidine rings is 1. The van der Waals surface area contributed by atoms with Crippen LogP contribution in [0.5, 0.6) is 11.5 Å². The van der Waals surface area contributed by atoms with Crippen LogP contribution in [0.2, 0.25) is 0 Å². The van der Waals surface area contributed by atoms with Crippen molar-refractivity contribution < 1.29 is 22.7 Å². The number of hydrogen-bond acceptors (Lipinski definition) is 5. The van der Waals surface area contributed by atoms with Gasteiger partial charge in [-0.15, -0.1) is 0 Å². The molecule has 0 atom stereocenters. The van der Waals surface area contributed by atoms with E-state index < -0.39 is 10.0 Å². The summed E-state index contributed by atoms with van der Waals surface area (Å²) in [5, 5.41) is 2.82. The van der Waals surface area contributed by atoms with Crippen molar-refractivity contribution in [3.05, 3.63) is 48.0 Å². The molecule has 2 amide bonds. The van der Waals surface area contributed by atoms with Crippen molar-refractivity contribution in [3.63, 3.8) is 0 Å². The van der Waals surface area contributed by atoms with Crippen LogP contribution in [0.15, 0.2) is 47.4 Å². The average molecular weight is 417 g/mol. The van der Waals surface area contributed by atoms with Gasteiger partial charge in [-0.1, -0.05) is 6.07 Å². The van der Waals surface area contributed by atoms with Crippen LogP contribution in [0.3, 0.4) is 0 Å². The van der Waals surface area contributed by atoms with Crippen LogP contribution in [-0.4, -0.2) is 39.2 Å². The van der Waals surface area contributed by atoms with Crippen LogP contribution in [0.25, 0.3) is 0 Å². The maximum absolute atomic E-state index is 12.6. The van der Waals surface area contributed by atoms with E-state index in [1.165, 1.54) is 12.1 Å². The highest BCUT2D eigenvalue weighted by Crippen LogP contribution is 2.32. The molecule has 2 aromatic rings. The fourth-order valence-electron chi connectivity index (χ4n) is 3.33. The maximum atomic E-state index is 12.6. The molecule has 29 heavy (non-hydrogen) atoms. The van der Waals surface area contributed by atoms with Gasteiger partial charge >= 0.3 is 6.03 Å². The van der Waals surface area contributed by atoms with Crippen molar-refractivity contribution in [1.82, 2.24) is 9.62 Å². The van der Waals surface area contributed by atoms with Crippen LogP contribution in [-0.2, 0) is 16.6 Å². The van der Waals surface area contributed by atoms with Gasteiger partial charge in [0, 0.05) is 25.3 Å². The smallest absolute Gasteiger partial charge is 0.321 e. The fraction of sp³-hybridized carbons (Fsp3) is 0.350. The number of carbonyl (C=O) groups excluding carboxylic acids is 1. The number of ether oxygens (including phenoxy) is 2. The number of nitrogens with zero attached hydrogens (tertiary/aromatic N) is 1. The molecule has 0 aromatic heterocycles. The van der Waals surface area contributed by atoms with Gasteiger partial charge in [-0.05, 0) is 61.2 Å². The lowest BCUT2D eigenvalue weighted by molar-refractivity contribution is 0.174. The molecule has 4 rings (SSSR count). The second-order valence-electron chi connectivity index (χ2n) is 7.01. The fourth-order valence-corrected chi connectivity index (χ4v) is 4.35. The first-order valence-corrected chi connectivity index (χ1v) is 11.0. The number of hydrogen-bond donors (Lipinski definition) is 2. The lowest BCUT2D eigenvalue weighted by Gasteiger charge is -2.26. The summed E-state index contributed by atoms with van der Waals surface area (Å²) in [7, 11) is -3.68. The third-order valence-corrected chi connectivity index (χ3v) is 6.38. The highest BCUT2D eigenvalue weighted by atomic mass is 32.2. The van der Waals surface area contributed by atoms with Gasteiger partial charge in [-0.25, -0.2) is 17.9 Å². The second kappa shape index (κ2) is 8.30. The minimum atomic E-state index is -3.68. The Hall–Kier alpha value is -2.78. The van der Waals surface area contributed by atoms with E-state index in [2.05, 4.69) is 10.0 Å². The number of anilines is 1. The molecule has 0 spiro atoms. The molecule has 0 bridgehead atoms. The van der Waals surface area contributed by atoms with Gasteiger partial charge in [0.15, 0.2) is 11.5 Å². The highest BCUT2D eigenvalue weighted by Gasteiger charge is 2.18. The van der Waals surface area contributed by atoms with Crippen LogP contribution in [0.4, 0.5) is 10.5 Å². The quantitative estimate of drug-likeness (QED) is 0.780. The molecule has 2 N–H and O–H groups in total. The van der Waals surface area contributed by atoms with E-state index in [0.717, 1.165) is 37.9 Å². The standard InChI is InChI=1S/C20H23N3O5S/c24-20(23-10-2-1-3-11-23)22-16-5-7-17(8-6-16)29(25,26)21-13-15-4-9-18-19(12-15)28-14-27-18/h4-9,12,21H,1-3,10-11,13-14H2,(H,22,24). The van der Waals surface area contributed by atoms with Gasteiger partial charge in [0.25, 0.3) is 0 Å². The number of benzene rings is 2. The maximum Gasteiger partial charge on any atom is 0.321 e. The zero-order chi connectivity index (χ0) is 20.3. The van der Waals surface area contributed by atoms with Crippen molar-refractivity contribution >= 4 is 21.7 Å². The Morgan fingerprint density at radius 2 is 1.69 bits per heavy atom. The second-order valence-corrected chi connectivity index (χ2v) is 8.78. The number of fused-ring (bicyclic) bond motifs is 1. The molecule has 1 fully saturated rings. The lowest BCUT2D eigenvalue weighted by Crippen LogP contribution is -2.38. The molecular formula is C20H23N3O5S. The van der Waals surface area contributed by atoms with E-state index in [0.29, 0.717) is 17.2 Å². The number of rotatable bonds is 5. The van der Waals surface area contributed by atoms with E-state index in [1.807, 2.05) is 0 Å². The monoisotopic (exact) mass is 417 g/mol. The molecule has 9 heteroatoms. The molecule has 154 valence electrons. The summed E-state index contributed by atoms with van der Waals surface area (Å²) in [6, 6.07) is 11.3. The van der Waals surface area contributed by atoms with Crippen LogP contribution < -0.4 is 19.5 Å². The summed E-state index contributed by atoms with van der Waals surface area (Å²) in [6.45, 7) is 1.81. The van der Waals surface area contributed by atoms with Gasteiger partial charge in [0.2, 0.25) is 16.8 Å². The first kappa shape index (κ1) is 19.5. The summed E-state index contributed by atoms with van der Waals surface area (Å²) < 4.78 is 38.2. The number of urea groups is 1. The van der Waals surface area contributed by atoms with Gasteiger partial charge in [-0.3, -0.25) is 0 Å². The van der Waals surface area contributed by atoms with Crippen molar-refractivity contribution in [2.75, 3.05) is 25.2 Å². The molecule has 8 nitrogen and oxygen atoms in total. The number of sulfonamides is 1. The van der Waals surface area contributed by atoms with Crippen LogP contribution >= 0.6 is 0 Å². The van der Waals surface area contributed by atoms with Gasteiger partial charge < -0.3 is 19.7 Å². The molecule has 0 saturated carbocycles. The van der Waals surface area contributed by atoms with Crippen molar-refractivity contribution in [2.45, 2.75) is 30.7 Å². The van der Waals surface area contributed by atoms with Crippen molar-refractivity contribution in [2.24, 2.45) is 0 Å². The van der Waals surface area contributed by atoms with E-state index in [9.17, 15) is 13.2 Å². The van der Waals surface area contributed by atoms with Crippen molar-refractivity contribution in [3.8, 4) is 11.5 Å². The molecule has 2 heterocycles. The Labute approximate surface area is 169 Å². The number of carbonyl (C=O) groups is 1. The van der Waals surface area contributed by atoms with E-state index in [1.54, 1.807) is 35.2 Å². The number of nitrogens with one attached hydrogen (secondary N) is 2. The topological polar surface area (TPSA) is 97.0 Å². The van der Waals surface area contributed by atoms with Gasteiger partial charge in [0.05, 0.1) is 4.90 Å². The first-order chi connectivity index (χ1) is 14.0. The minimum absolute atomic E-state index is 0.131. The average Bonchev–Trinajstić information content (AvgIpc) is 3.21. The third kappa shape index (κ3) is 4.63. The van der Waals surface area contributed by atoms with E-state index >= 15 is 0 Å². The predicted octanol–water partition coefficient (Wildman–Crippen LogP) is 2.91. The molecule has 0 unspecified atom stereocenters. The molecule has 2 aliphatic heterocycles. The summed E-state index contributed by atoms with van der Waals surface area (Å²) in [5.41, 5.74) is 1.33. The zero-order valence-corrected chi connectivity index (χ0v) is 16.7. The summed E-state index contributed by atoms with van der Waals surface area (Å²) in [5.74, 6) is 1.26. The first-order valence-electron chi connectivity index (χ1n) is 9.55. The summed E-state index contributed by atoms with van der Waals surface area (Å²) >= 11 is 0. The SMILES string of the molecule is O=C(Nc1ccc(S(=O)(=O)NCc2ccc3c(c2)OCO3)cc1)N1CCCCC1. The molecule has 0 radical (unpaired) electrons. The largest absolute Gasteiger partial charge is 0.454 e. The van der Waals surface area contributed by atoms with E-state index in [4.69, 9.17) is 9.47 Å². The molecule has 0 aliphatic carbocycles. The van der Waals surface area contributed by atoms with Crippen LogP contribution in [0.1, 0.15) is 24.8 Å². The van der Waals surface area contributed by atoms with Gasteiger partial charge in [0.1, 0.15) is 0 Å². The number of amides is 2. The lowest BCUT2D eigenvalue weighted by atomic mass is 10.1. The molecule has 1 saturated heterocycles. The zero-order valence-electron chi connectivity index (χ0n) is 15.9. The van der Waals surface area contributed by atoms with Gasteiger partial charge in [-0.2, -0.15) is 0 Å². The summed E-state index contributed by atoms with van der Waals surface area (Å²) in [4.78, 5) is 14.2. The molecular weight excluding hydrogens is 394 g/mol. The Balaban J connectivity index is 1.36. The third-order valence-electron chi connectivity index (χ3n) is 4.96. The number of likely N-dealkylation sites (tertiary alicyclic amines) is 1. The Kier molecular flexibility index (Phi) is 5.59.